The maximum Gasteiger partial charge on any atom is 0.237 e. The van der Waals surface area contributed by atoms with E-state index in [0.717, 1.165) is 23.3 Å². The fourth-order valence-electron chi connectivity index (χ4n) is 4.98. The van der Waals surface area contributed by atoms with Gasteiger partial charge in [0.05, 0.1) is 6.54 Å². The second-order valence-corrected chi connectivity index (χ2v) is 12.2. The Bertz CT molecular complexity index is 1370. The van der Waals surface area contributed by atoms with Crippen LogP contribution in [-0.4, -0.2) is 64.2 Å². The highest BCUT2D eigenvalue weighted by atomic mass is 16.5. The van der Waals surface area contributed by atoms with Gasteiger partial charge in [0.25, 0.3) is 0 Å². The number of aromatic amines is 1. The number of carbonyl (C=O) groups is 1. The van der Waals surface area contributed by atoms with Gasteiger partial charge in [0.15, 0.2) is 0 Å². The summed E-state index contributed by atoms with van der Waals surface area (Å²) < 4.78 is 5.75. The molecule has 3 aromatic carbocycles. The minimum atomic E-state index is -0.713. The largest absolute Gasteiger partial charge is 0.491 e. The van der Waals surface area contributed by atoms with Gasteiger partial charge in [-0.1, -0.05) is 81.4 Å². The molecule has 2 N–H and O–H groups in total. The smallest absolute Gasteiger partial charge is 0.237 e. The molecule has 0 aliphatic heterocycles. The monoisotopic (exact) mass is 555 g/mol. The number of fused-ring (bicyclic) bond motifs is 1. The third-order valence-corrected chi connectivity index (χ3v) is 7.57. The van der Waals surface area contributed by atoms with E-state index < -0.39 is 6.10 Å². The fraction of sp³-hybridized carbons (Fsp3) is 0.400. The molecule has 1 aromatic heterocycles. The first-order valence-electron chi connectivity index (χ1n) is 14.6. The minimum absolute atomic E-state index is 0.0506. The quantitative estimate of drug-likeness (QED) is 0.207. The number of hydrogen-bond acceptors (Lipinski definition) is 4. The van der Waals surface area contributed by atoms with Gasteiger partial charge in [0, 0.05) is 42.8 Å². The van der Waals surface area contributed by atoms with Crippen molar-refractivity contribution in [3.63, 3.8) is 0 Å². The van der Waals surface area contributed by atoms with Crippen molar-refractivity contribution in [1.29, 1.82) is 0 Å². The Morgan fingerprint density at radius 3 is 2.32 bits per heavy atom. The number of aromatic nitrogens is 1. The zero-order valence-corrected chi connectivity index (χ0v) is 25.1. The summed E-state index contributed by atoms with van der Waals surface area (Å²) >= 11 is 0. The molecule has 1 atom stereocenters. The predicted molar refractivity (Wildman–Crippen MR) is 167 cm³/mol. The van der Waals surface area contributed by atoms with Crippen molar-refractivity contribution in [2.24, 2.45) is 0 Å². The molecule has 0 saturated heterocycles. The van der Waals surface area contributed by atoms with Crippen molar-refractivity contribution in [2.45, 2.75) is 65.1 Å². The molecule has 0 radical (unpaired) electrons. The molecule has 1 heterocycles. The summed E-state index contributed by atoms with van der Waals surface area (Å²) in [6.45, 7) is 12.6. The fourth-order valence-corrected chi connectivity index (χ4v) is 4.98. The topological polar surface area (TPSA) is 68.8 Å². The number of H-pyrrole nitrogens is 1. The molecular formula is C35H45N3O3. The average Bonchev–Trinajstić information content (AvgIpc) is 3.37. The molecule has 218 valence electrons. The Morgan fingerprint density at radius 1 is 0.951 bits per heavy atom. The average molecular weight is 556 g/mol. The summed E-state index contributed by atoms with van der Waals surface area (Å²) in [7, 11) is 0. The van der Waals surface area contributed by atoms with E-state index in [1.807, 2.05) is 52.3 Å². The van der Waals surface area contributed by atoms with E-state index in [2.05, 4.69) is 82.2 Å². The lowest BCUT2D eigenvalue weighted by Crippen LogP contribution is -2.47. The van der Waals surface area contributed by atoms with Crippen LogP contribution in [0.3, 0.4) is 0 Å². The molecule has 6 heteroatoms. The Hall–Kier alpha value is -3.61. The third-order valence-electron chi connectivity index (χ3n) is 7.57. The van der Waals surface area contributed by atoms with Crippen LogP contribution in [0.5, 0.6) is 5.75 Å². The van der Waals surface area contributed by atoms with Crippen molar-refractivity contribution in [2.75, 3.05) is 26.2 Å². The SMILES string of the molecule is CC(C)N(CC(=O)N(CCc1c[nH]c2ccccc12)Cc1ccc(C(C)(C)C)cc1)C[C@H](O)COc1ccccc1. The molecule has 6 nitrogen and oxygen atoms in total. The van der Waals surface area contributed by atoms with Crippen molar-refractivity contribution >= 4 is 16.8 Å². The van der Waals surface area contributed by atoms with Gasteiger partial charge in [-0.25, -0.2) is 0 Å². The first-order valence-corrected chi connectivity index (χ1v) is 14.6. The highest BCUT2D eigenvalue weighted by Gasteiger charge is 2.23. The Balaban J connectivity index is 1.45. The number of aliphatic hydroxyl groups is 1. The van der Waals surface area contributed by atoms with Crippen LogP contribution in [-0.2, 0) is 23.2 Å². The highest BCUT2D eigenvalue weighted by Crippen LogP contribution is 2.23. The van der Waals surface area contributed by atoms with Crippen LogP contribution in [0.25, 0.3) is 10.9 Å². The number of nitrogens with zero attached hydrogens (tertiary/aromatic N) is 2. The van der Waals surface area contributed by atoms with Gasteiger partial charge in [-0.15, -0.1) is 0 Å². The molecule has 4 rings (SSSR count). The number of amides is 1. The number of rotatable bonds is 13. The molecule has 0 aliphatic rings. The first kappa shape index (κ1) is 30.4. The molecule has 0 fully saturated rings. The van der Waals surface area contributed by atoms with Gasteiger partial charge in [0.1, 0.15) is 18.5 Å². The van der Waals surface area contributed by atoms with Gasteiger partial charge in [-0.2, -0.15) is 0 Å². The predicted octanol–water partition coefficient (Wildman–Crippen LogP) is 6.19. The molecule has 0 spiro atoms. The third kappa shape index (κ3) is 8.69. The summed E-state index contributed by atoms with van der Waals surface area (Å²) in [4.78, 5) is 21.2. The minimum Gasteiger partial charge on any atom is -0.491 e. The van der Waals surface area contributed by atoms with Crippen LogP contribution in [0.15, 0.2) is 85.1 Å². The number of hydrogen-bond donors (Lipinski definition) is 2. The van der Waals surface area contributed by atoms with E-state index in [9.17, 15) is 9.90 Å². The van der Waals surface area contributed by atoms with E-state index in [1.54, 1.807) is 0 Å². The second kappa shape index (κ2) is 13.8. The number of nitrogens with one attached hydrogen (secondary N) is 1. The van der Waals surface area contributed by atoms with Crippen molar-refractivity contribution in [1.82, 2.24) is 14.8 Å². The van der Waals surface area contributed by atoms with E-state index >= 15 is 0 Å². The normalized spacial score (nSPS) is 12.7. The summed E-state index contributed by atoms with van der Waals surface area (Å²) in [6.07, 6.45) is 2.09. The van der Waals surface area contributed by atoms with E-state index in [0.29, 0.717) is 19.6 Å². The Kier molecular flexibility index (Phi) is 10.2. The lowest BCUT2D eigenvalue weighted by molar-refractivity contribution is -0.134. The number of benzene rings is 3. The van der Waals surface area contributed by atoms with Gasteiger partial charge < -0.3 is 19.7 Å². The molecular weight excluding hydrogens is 510 g/mol. The maximum absolute atomic E-state index is 13.8. The zero-order chi connectivity index (χ0) is 29.4. The van der Waals surface area contributed by atoms with Crippen LogP contribution in [0.4, 0.5) is 0 Å². The van der Waals surface area contributed by atoms with Crippen molar-refractivity contribution in [3.05, 3.63) is 102 Å². The standard InChI is InChI=1S/C35H45N3O3/c1-26(2)38(23-30(39)25-41-31-11-7-6-8-12-31)24-34(40)37(22-27-15-17-29(18-16-27)35(3,4)5)20-19-28-21-36-33-14-10-9-13-32(28)33/h6-18,21,26,30,36,39H,19-20,22-25H2,1-5H3/t30-/m0/s1. The van der Waals surface area contributed by atoms with Crippen LogP contribution in [0.1, 0.15) is 51.3 Å². The van der Waals surface area contributed by atoms with Crippen LogP contribution >= 0.6 is 0 Å². The maximum atomic E-state index is 13.8. The number of aliphatic hydroxyl groups excluding tert-OH is 1. The van der Waals surface area contributed by atoms with E-state index in [1.165, 1.54) is 16.5 Å². The molecule has 0 aliphatic carbocycles. The van der Waals surface area contributed by atoms with Crippen LogP contribution in [0, 0.1) is 0 Å². The molecule has 1 amide bonds. The lowest BCUT2D eigenvalue weighted by Gasteiger charge is -2.31. The number of carbonyl (C=O) groups excluding carboxylic acids is 1. The second-order valence-electron chi connectivity index (χ2n) is 12.2. The number of para-hydroxylation sites is 2. The van der Waals surface area contributed by atoms with Gasteiger partial charge in [-0.3, -0.25) is 9.69 Å². The molecule has 0 unspecified atom stereocenters. The lowest BCUT2D eigenvalue weighted by atomic mass is 9.87. The van der Waals surface area contributed by atoms with E-state index in [-0.39, 0.29) is 30.5 Å². The van der Waals surface area contributed by atoms with Crippen LogP contribution < -0.4 is 4.74 Å². The molecule has 0 saturated carbocycles. The summed E-state index contributed by atoms with van der Waals surface area (Å²) in [5.74, 6) is 0.772. The van der Waals surface area contributed by atoms with Gasteiger partial charge in [0.2, 0.25) is 5.91 Å². The summed E-state index contributed by atoms with van der Waals surface area (Å²) in [5.41, 5.74) is 4.77. The first-order chi connectivity index (χ1) is 19.6. The summed E-state index contributed by atoms with van der Waals surface area (Å²) in [5, 5.41) is 11.9. The Morgan fingerprint density at radius 2 is 1.63 bits per heavy atom. The van der Waals surface area contributed by atoms with Gasteiger partial charge in [-0.05, 0) is 60.6 Å². The highest BCUT2D eigenvalue weighted by molar-refractivity contribution is 5.83. The molecule has 41 heavy (non-hydrogen) atoms. The summed E-state index contributed by atoms with van der Waals surface area (Å²) in [6, 6.07) is 26.5. The van der Waals surface area contributed by atoms with Gasteiger partial charge >= 0.3 is 0 Å². The molecule has 4 aromatic rings. The molecule has 0 bridgehead atoms. The number of ether oxygens (including phenoxy) is 1. The Labute approximate surface area is 244 Å². The zero-order valence-electron chi connectivity index (χ0n) is 25.1. The van der Waals surface area contributed by atoms with Crippen molar-refractivity contribution < 1.29 is 14.6 Å². The van der Waals surface area contributed by atoms with Crippen LogP contribution in [0.2, 0.25) is 0 Å². The van der Waals surface area contributed by atoms with E-state index in [4.69, 9.17) is 4.74 Å². The van der Waals surface area contributed by atoms with Crippen molar-refractivity contribution in [3.8, 4) is 5.75 Å².